The number of ether oxygens (including phenoxy) is 2. The van der Waals surface area contributed by atoms with Gasteiger partial charge in [0.25, 0.3) is 0 Å². The van der Waals surface area contributed by atoms with Crippen molar-refractivity contribution in [1.82, 2.24) is 4.90 Å². The highest BCUT2D eigenvalue weighted by atomic mass is 16.5. The summed E-state index contributed by atoms with van der Waals surface area (Å²) in [5.41, 5.74) is -0.490. The molecule has 1 aliphatic heterocycles. The third-order valence-electron chi connectivity index (χ3n) is 5.31. The van der Waals surface area contributed by atoms with Crippen molar-refractivity contribution in [3.05, 3.63) is 0 Å². The molecule has 0 spiro atoms. The Morgan fingerprint density at radius 3 is 2.48 bits per heavy atom. The zero-order valence-electron chi connectivity index (χ0n) is 13.4. The van der Waals surface area contributed by atoms with Crippen LogP contribution in [0, 0.1) is 10.8 Å². The van der Waals surface area contributed by atoms with Crippen LogP contribution in [-0.4, -0.2) is 63.0 Å². The lowest BCUT2D eigenvalue weighted by Crippen LogP contribution is -2.56. The molecule has 2 rings (SSSR count). The van der Waals surface area contributed by atoms with Gasteiger partial charge in [-0.1, -0.05) is 6.42 Å². The molecule has 2 aliphatic rings. The SMILES string of the molecule is COCCC1(CO)CCCN(C(=O)C2(COC)CCC2)C1. The van der Waals surface area contributed by atoms with E-state index in [0.29, 0.717) is 19.8 Å². The highest BCUT2D eigenvalue weighted by Gasteiger charge is 2.48. The van der Waals surface area contributed by atoms with E-state index in [-0.39, 0.29) is 23.3 Å². The molecule has 0 aromatic carbocycles. The summed E-state index contributed by atoms with van der Waals surface area (Å²) in [7, 11) is 3.35. The molecule has 1 unspecified atom stereocenters. The smallest absolute Gasteiger partial charge is 0.231 e. The minimum absolute atomic E-state index is 0.122. The van der Waals surface area contributed by atoms with E-state index in [2.05, 4.69) is 0 Å². The Kier molecular flexibility index (Phi) is 5.63. The van der Waals surface area contributed by atoms with Crippen LogP contribution in [0.2, 0.25) is 0 Å². The normalized spacial score (nSPS) is 28.2. The topological polar surface area (TPSA) is 59.0 Å². The van der Waals surface area contributed by atoms with Gasteiger partial charge < -0.3 is 19.5 Å². The zero-order chi connectivity index (χ0) is 15.3. The average molecular weight is 299 g/mol. The third-order valence-corrected chi connectivity index (χ3v) is 5.31. The van der Waals surface area contributed by atoms with Gasteiger partial charge in [-0.25, -0.2) is 0 Å². The van der Waals surface area contributed by atoms with Crippen molar-refractivity contribution >= 4 is 5.91 Å². The quantitative estimate of drug-likeness (QED) is 0.773. The van der Waals surface area contributed by atoms with Crippen molar-refractivity contribution in [1.29, 1.82) is 0 Å². The van der Waals surface area contributed by atoms with Gasteiger partial charge in [-0.15, -0.1) is 0 Å². The Bertz CT molecular complexity index is 356. The Morgan fingerprint density at radius 2 is 1.95 bits per heavy atom. The molecule has 122 valence electrons. The molecular weight excluding hydrogens is 270 g/mol. The maximum atomic E-state index is 12.9. The lowest BCUT2D eigenvalue weighted by molar-refractivity contribution is -0.157. The number of likely N-dealkylation sites (tertiary alicyclic amines) is 1. The van der Waals surface area contributed by atoms with Gasteiger partial charge in [0.2, 0.25) is 5.91 Å². The number of carbonyl (C=O) groups is 1. The van der Waals surface area contributed by atoms with Crippen LogP contribution in [-0.2, 0) is 14.3 Å². The van der Waals surface area contributed by atoms with E-state index < -0.39 is 0 Å². The van der Waals surface area contributed by atoms with E-state index in [0.717, 1.165) is 45.1 Å². The van der Waals surface area contributed by atoms with Crippen molar-refractivity contribution in [2.75, 3.05) is 47.1 Å². The van der Waals surface area contributed by atoms with Crippen LogP contribution < -0.4 is 0 Å². The molecule has 1 saturated carbocycles. The summed E-state index contributed by atoms with van der Waals surface area (Å²) in [5.74, 6) is 0.227. The van der Waals surface area contributed by atoms with Gasteiger partial charge in [0.1, 0.15) is 0 Å². The van der Waals surface area contributed by atoms with Crippen LogP contribution in [0.25, 0.3) is 0 Å². The summed E-state index contributed by atoms with van der Waals surface area (Å²) in [6, 6.07) is 0. The predicted octanol–water partition coefficient (Wildman–Crippen LogP) is 1.44. The van der Waals surface area contributed by atoms with Gasteiger partial charge in [0.15, 0.2) is 0 Å². The first-order valence-corrected chi connectivity index (χ1v) is 8.00. The van der Waals surface area contributed by atoms with Gasteiger partial charge in [-0.3, -0.25) is 4.79 Å². The molecule has 1 heterocycles. The first-order valence-electron chi connectivity index (χ1n) is 8.00. The standard InChI is InChI=1S/C16H29NO4/c1-20-10-8-15(12-18)5-4-9-17(11-15)14(19)16(13-21-2)6-3-7-16/h18H,3-13H2,1-2H3. The molecule has 2 fully saturated rings. The molecule has 0 aromatic heterocycles. The number of hydrogen-bond donors (Lipinski definition) is 1. The van der Waals surface area contributed by atoms with E-state index in [1.807, 2.05) is 4.90 Å². The van der Waals surface area contributed by atoms with Crippen molar-refractivity contribution in [2.45, 2.75) is 38.5 Å². The summed E-state index contributed by atoms with van der Waals surface area (Å²) in [6.45, 7) is 2.73. The Hall–Kier alpha value is -0.650. The first kappa shape index (κ1) is 16.7. The second-order valence-corrected chi connectivity index (χ2v) is 6.80. The second kappa shape index (κ2) is 7.07. The highest BCUT2D eigenvalue weighted by molar-refractivity contribution is 5.84. The number of aliphatic hydroxyl groups excluding tert-OH is 1. The number of piperidine rings is 1. The number of amides is 1. The van der Waals surface area contributed by atoms with Crippen molar-refractivity contribution in [2.24, 2.45) is 10.8 Å². The maximum Gasteiger partial charge on any atom is 0.231 e. The van der Waals surface area contributed by atoms with Crippen molar-refractivity contribution < 1.29 is 19.4 Å². The molecule has 5 heteroatoms. The molecule has 1 amide bonds. The van der Waals surface area contributed by atoms with Crippen molar-refractivity contribution in [3.8, 4) is 0 Å². The third kappa shape index (κ3) is 3.41. The van der Waals surface area contributed by atoms with E-state index in [9.17, 15) is 9.90 Å². The molecule has 0 aromatic rings. The van der Waals surface area contributed by atoms with Crippen LogP contribution in [0.3, 0.4) is 0 Å². The number of carbonyl (C=O) groups excluding carboxylic acids is 1. The number of aliphatic hydroxyl groups is 1. The molecular formula is C16H29NO4. The summed E-state index contributed by atoms with van der Waals surface area (Å²) in [6.07, 6.45) is 5.70. The largest absolute Gasteiger partial charge is 0.396 e. The molecule has 1 atom stereocenters. The zero-order valence-corrected chi connectivity index (χ0v) is 13.4. The number of methoxy groups -OCH3 is 2. The van der Waals surface area contributed by atoms with Gasteiger partial charge in [0.05, 0.1) is 18.6 Å². The van der Waals surface area contributed by atoms with E-state index >= 15 is 0 Å². The molecule has 1 saturated heterocycles. The van der Waals surface area contributed by atoms with Crippen molar-refractivity contribution in [3.63, 3.8) is 0 Å². The summed E-state index contributed by atoms with van der Waals surface area (Å²) in [4.78, 5) is 14.9. The molecule has 5 nitrogen and oxygen atoms in total. The minimum Gasteiger partial charge on any atom is -0.396 e. The fourth-order valence-corrected chi connectivity index (χ4v) is 3.75. The minimum atomic E-state index is -0.297. The van der Waals surface area contributed by atoms with Crippen LogP contribution in [0.1, 0.15) is 38.5 Å². The molecule has 0 radical (unpaired) electrons. The van der Waals surface area contributed by atoms with Gasteiger partial charge >= 0.3 is 0 Å². The highest BCUT2D eigenvalue weighted by Crippen LogP contribution is 2.44. The lowest BCUT2D eigenvalue weighted by Gasteiger charge is -2.48. The molecule has 0 bridgehead atoms. The van der Waals surface area contributed by atoms with E-state index in [1.165, 1.54) is 0 Å². The molecule has 21 heavy (non-hydrogen) atoms. The summed E-state index contributed by atoms with van der Waals surface area (Å²) >= 11 is 0. The Morgan fingerprint density at radius 1 is 1.19 bits per heavy atom. The van der Waals surface area contributed by atoms with Gasteiger partial charge in [-0.2, -0.15) is 0 Å². The van der Waals surface area contributed by atoms with Crippen LogP contribution >= 0.6 is 0 Å². The van der Waals surface area contributed by atoms with Gasteiger partial charge in [-0.05, 0) is 32.1 Å². The fourth-order valence-electron chi connectivity index (χ4n) is 3.75. The Balaban J connectivity index is 2.04. The number of rotatable bonds is 7. The second-order valence-electron chi connectivity index (χ2n) is 6.80. The number of nitrogens with zero attached hydrogens (tertiary/aromatic N) is 1. The van der Waals surface area contributed by atoms with E-state index in [1.54, 1.807) is 14.2 Å². The van der Waals surface area contributed by atoms with E-state index in [4.69, 9.17) is 9.47 Å². The number of hydrogen-bond acceptors (Lipinski definition) is 4. The Labute approximate surface area is 127 Å². The average Bonchev–Trinajstić information content (AvgIpc) is 2.48. The monoisotopic (exact) mass is 299 g/mol. The van der Waals surface area contributed by atoms with Crippen LogP contribution in [0.5, 0.6) is 0 Å². The predicted molar refractivity (Wildman–Crippen MR) is 80.0 cm³/mol. The summed E-state index contributed by atoms with van der Waals surface area (Å²) < 4.78 is 10.5. The summed E-state index contributed by atoms with van der Waals surface area (Å²) in [5, 5.41) is 9.83. The molecule has 1 N–H and O–H groups in total. The lowest BCUT2D eigenvalue weighted by atomic mass is 9.67. The van der Waals surface area contributed by atoms with Crippen LogP contribution in [0.4, 0.5) is 0 Å². The molecule has 1 aliphatic carbocycles. The maximum absolute atomic E-state index is 12.9. The van der Waals surface area contributed by atoms with Crippen LogP contribution in [0.15, 0.2) is 0 Å². The van der Waals surface area contributed by atoms with Gasteiger partial charge in [0, 0.05) is 39.3 Å². The fraction of sp³-hybridized carbons (Fsp3) is 0.938. The first-order chi connectivity index (χ1) is 10.1.